The molecule has 12 heteroatoms. The van der Waals surface area contributed by atoms with E-state index in [-0.39, 0.29) is 29.1 Å². The van der Waals surface area contributed by atoms with Crippen LogP contribution in [0.4, 0.5) is 26.3 Å². The molecule has 0 amide bonds. The van der Waals surface area contributed by atoms with Crippen molar-refractivity contribution in [3.05, 3.63) is 0 Å². The van der Waals surface area contributed by atoms with Gasteiger partial charge in [0.1, 0.15) is 0 Å². The lowest BCUT2D eigenvalue weighted by Gasteiger charge is -2.42. The second-order valence-corrected chi connectivity index (χ2v) is 8.83. The Morgan fingerprint density at radius 1 is 0.958 bits per heavy atom. The molecule has 2 aliphatic rings. The molecular weight excluding hydrogens is 384 g/mol. The molecule has 0 radical (unpaired) electrons. The number of hydrogen-bond donors (Lipinski definition) is 1. The highest BCUT2D eigenvalue weighted by atomic mass is 32.2. The number of piperidine rings is 1. The first kappa shape index (κ1) is 20.1. The largest absolute Gasteiger partial charge is 0.428 e. The van der Waals surface area contributed by atoms with E-state index in [1.165, 1.54) is 0 Å². The number of nitrogens with zero attached hydrogens (tertiary/aromatic N) is 1. The van der Waals surface area contributed by atoms with Crippen LogP contribution in [0, 0.1) is 11.8 Å². The molecule has 1 N–H and O–H groups in total. The van der Waals surface area contributed by atoms with E-state index >= 15 is 0 Å². The molecule has 1 aliphatic carbocycles. The third-order valence-electron chi connectivity index (χ3n) is 4.76. The highest BCUT2D eigenvalue weighted by Crippen LogP contribution is 2.53. The summed E-state index contributed by atoms with van der Waals surface area (Å²) >= 11 is -1.80. The van der Waals surface area contributed by atoms with Gasteiger partial charge in [0.2, 0.25) is 0 Å². The summed E-state index contributed by atoms with van der Waals surface area (Å²) in [4.78, 5) is 0. The van der Waals surface area contributed by atoms with E-state index in [2.05, 4.69) is 0 Å². The van der Waals surface area contributed by atoms with Gasteiger partial charge in [-0.2, -0.15) is 30.6 Å². The zero-order valence-electron chi connectivity index (χ0n) is 12.4. The van der Waals surface area contributed by atoms with Crippen molar-refractivity contribution in [1.82, 2.24) is 4.31 Å². The van der Waals surface area contributed by atoms with Crippen molar-refractivity contribution in [2.24, 2.45) is 11.8 Å². The molecule has 24 heavy (non-hydrogen) atoms. The zero-order valence-corrected chi connectivity index (χ0v) is 14.0. The fraction of sp³-hybridized carbons (Fsp3) is 1.00. The van der Waals surface area contributed by atoms with Gasteiger partial charge in [0.05, 0.1) is 12.0 Å². The lowest BCUT2D eigenvalue weighted by molar-refractivity contribution is -0.243. The Labute approximate surface area is 139 Å². The average molecular weight is 401 g/mol. The molecule has 4 nitrogen and oxygen atoms in total. The number of fused-ring (bicyclic) bond motifs is 1. The van der Waals surface area contributed by atoms with Crippen molar-refractivity contribution in [3.8, 4) is 0 Å². The Kier molecular flexibility index (Phi) is 5.46. The summed E-state index contributed by atoms with van der Waals surface area (Å²) in [5.41, 5.74) is 0. The molecule has 1 saturated carbocycles. The van der Waals surface area contributed by atoms with Crippen LogP contribution in [-0.2, 0) is 10.0 Å². The Morgan fingerprint density at radius 2 is 1.50 bits per heavy atom. The van der Waals surface area contributed by atoms with Crippen LogP contribution in [0.3, 0.4) is 0 Å². The maximum absolute atomic E-state index is 13.9. The highest BCUT2D eigenvalue weighted by Gasteiger charge is 2.79. The van der Waals surface area contributed by atoms with Gasteiger partial charge in [-0.15, -0.1) is 0 Å². The topological polar surface area (TPSA) is 57.6 Å². The summed E-state index contributed by atoms with van der Waals surface area (Å²) < 4.78 is 113. The van der Waals surface area contributed by atoms with Crippen LogP contribution in [0.2, 0.25) is 0 Å². The lowest BCUT2D eigenvalue weighted by Crippen LogP contribution is -2.61. The van der Waals surface area contributed by atoms with Gasteiger partial charge in [0, 0.05) is 13.1 Å². The summed E-state index contributed by atoms with van der Waals surface area (Å²) in [6, 6.07) is 0. The fourth-order valence-corrected chi connectivity index (χ4v) is 5.15. The van der Waals surface area contributed by atoms with E-state index < -0.39 is 45.0 Å². The molecule has 0 aromatic carbocycles. The SMILES string of the molecule is O=S(=O)(N1CCC2CCCCC2C1)C(F)(F)C(F)(F)C(F)(F)SO. The molecule has 1 aliphatic heterocycles. The summed E-state index contributed by atoms with van der Waals surface area (Å²) in [6.45, 7) is -0.788. The van der Waals surface area contributed by atoms with Crippen molar-refractivity contribution in [3.63, 3.8) is 0 Å². The molecular formula is C12H17F6NO3S2. The highest BCUT2D eigenvalue weighted by molar-refractivity contribution is 7.95. The van der Waals surface area contributed by atoms with Gasteiger partial charge in [0.15, 0.2) is 0 Å². The Hall–Kier alpha value is -0.200. The van der Waals surface area contributed by atoms with Crippen LogP contribution < -0.4 is 0 Å². The predicted octanol–water partition coefficient (Wildman–Crippen LogP) is 3.86. The maximum atomic E-state index is 13.9. The molecule has 2 rings (SSSR count). The van der Waals surface area contributed by atoms with Gasteiger partial charge in [-0.05, 0) is 24.7 Å². The van der Waals surface area contributed by atoms with E-state index in [4.69, 9.17) is 4.55 Å². The zero-order chi connectivity index (χ0) is 18.4. The first-order valence-corrected chi connectivity index (χ1v) is 9.55. The third-order valence-corrected chi connectivity index (χ3v) is 7.16. The van der Waals surface area contributed by atoms with Gasteiger partial charge in [-0.3, -0.25) is 0 Å². The molecule has 1 saturated heterocycles. The molecule has 0 aromatic heterocycles. The van der Waals surface area contributed by atoms with E-state index in [9.17, 15) is 34.8 Å². The lowest BCUT2D eigenvalue weighted by atomic mass is 9.76. The minimum atomic E-state index is -6.26. The van der Waals surface area contributed by atoms with Crippen molar-refractivity contribution in [2.75, 3.05) is 13.1 Å². The predicted molar refractivity (Wildman–Crippen MR) is 75.6 cm³/mol. The van der Waals surface area contributed by atoms with Crippen LogP contribution in [0.1, 0.15) is 32.1 Å². The third kappa shape index (κ3) is 3.03. The van der Waals surface area contributed by atoms with E-state index in [1.54, 1.807) is 0 Å². The second kappa shape index (κ2) is 6.51. The summed E-state index contributed by atoms with van der Waals surface area (Å²) in [7, 11) is -6.02. The van der Waals surface area contributed by atoms with Gasteiger partial charge in [-0.25, -0.2) is 8.42 Å². The standard InChI is InChI=1S/C12H17F6NO3S2/c13-10(14,11(15,16)23-20)12(17,18)24(21,22)19-6-5-8-3-1-2-4-9(8)7-19/h8-9,20H,1-7H2. The minimum Gasteiger partial charge on any atom is -0.325 e. The van der Waals surface area contributed by atoms with Crippen LogP contribution in [-0.4, -0.2) is 46.8 Å². The van der Waals surface area contributed by atoms with Gasteiger partial charge in [-0.1, -0.05) is 19.3 Å². The molecule has 1 heterocycles. The van der Waals surface area contributed by atoms with Crippen LogP contribution in [0.25, 0.3) is 0 Å². The molecule has 0 aromatic rings. The van der Waals surface area contributed by atoms with Crippen LogP contribution in [0.15, 0.2) is 0 Å². The number of sulfonamides is 1. The van der Waals surface area contributed by atoms with Crippen molar-refractivity contribution in [2.45, 2.75) is 48.5 Å². The fourth-order valence-electron chi connectivity index (χ4n) is 3.34. The molecule has 0 bridgehead atoms. The molecule has 0 spiro atoms. The Morgan fingerprint density at radius 3 is 2.04 bits per heavy atom. The van der Waals surface area contributed by atoms with Crippen LogP contribution >= 0.6 is 12.0 Å². The first-order chi connectivity index (χ1) is 10.9. The molecule has 2 fully saturated rings. The van der Waals surface area contributed by atoms with Gasteiger partial charge in [0.25, 0.3) is 10.0 Å². The summed E-state index contributed by atoms with van der Waals surface area (Å²) in [6.07, 6.45) is 3.34. The summed E-state index contributed by atoms with van der Waals surface area (Å²) in [5, 5.41) is -11.7. The average Bonchev–Trinajstić information content (AvgIpc) is 2.53. The normalized spacial score (nSPS) is 27.8. The van der Waals surface area contributed by atoms with Crippen molar-refractivity contribution >= 4 is 22.1 Å². The van der Waals surface area contributed by atoms with E-state index in [0.29, 0.717) is 6.42 Å². The maximum Gasteiger partial charge on any atom is 0.428 e. The van der Waals surface area contributed by atoms with Gasteiger partial charge >= 0.3 is 16.4 Å². The summed E-state index contributed by atoms with van der Waals surface area (Å²) in [5.74, 6) is -6.37. The minimum absolute atomic E-state index is 0.133. The number of hydrogen-bond acceptors (Lipinski definition) is 4. The second-order valence-electron chi connectivity index (χ2n) is 6.16. The van der Waals surface area contributed by atoms with Gasteiger partial charge < -0.3 is 4.55 Å². The van der Waals surface area contributed by atoms with Crippen molar-refractivity contribution in [1.29, 1.82) is 0 Å². The van der Waals surface area contributed by atoms with Crippen LogP contribution in [0.5, 0.6) is 0 Å². The first-order valence-electron chi connectivity index (χ1n) is 7.34. The van der Waals surface area contributed by atoms with E-state index in [1.807, 2.05) is 0 Å². The Balaban J connectivity index is 2.28. The molecule has 2 atom stereocenters. The number of rotatable bonds is 5. The Bertz CT molecular complexity index is 571. The quantitative estimate of drug-likeness (QED) is 0.562. The van der Waals surface area contributed by atoms with Crippen molar-refractivity contribution < 1.29 is 39.3 Å². The monoisotopic (exact) mass is 401 g/mol. The number of halogens is 6. The molecule has 2 unspecified atom stereocenters. The molecule has 142 valence electrons. The van der Waals surface area contributed by atoms with E-state index in [0.717, 1.165) is 19.3 Å². The smallest absolute Gasteiger partial charge is 0.325 e. The number of alkyl halides is 6.